The third-order valence-electron chi connectivity index (χ3n) is 26.0. The van der Waals surface area contributed by atoms with E-state index < -0.39 is 0 Å². The van der Waals surface area contributed by atoms with Crippen molar-refractivity contribution in [3.05, 3.63) is 449 Å². The molecule has 0 fully saturated rings. The van der Waals surface area contributed by atoms with Crippen molar-refractivity contribution in [2.45, 2.75) is 0 Å². The summed E-state index contributed by atoms with van der Waals surface area (Å²) in [5, 5.41) is 33.0. The molecule has 4 nitrogen and oxygen atoms in total. The SMILES string of the molecule is c1cc(-c2ccc3c4ccc(-c5cccc(-n6c7ccccc7c7ccccc76)c5)cc4c4ccccc4c3c2)cc(-n2c3ccccc3c3ccccc32)c1.c1ccc2c(c1)oc1ccc(-c3ccc(-c4cccc5c6ccccc6c6ccccc6c45)cc3)cc12.c1ccc2c(c1)oc1ccc(-c3cccc4c5ccccc5c5ccccc5c34)cc12. The number of aromatic nitrogens is 2. The molecule has 4 heterocycles. The topological polar surface area (TPSA) is 36.1 Å². The molecule has 124 heavy (non-hydrogen) atoms. The molecule has 0 saturated carbocycles. The van der Waals surface area contributed by atoms with Gasteiger partial charge in [0.2, 0.25) is 0 Å². The highest BCUT2D eigenvalue weighted by Gasteiger charge is 2.21. The zero-order valence-corrected chi connectivity index (χ0v) is 67.4. The highest BCUT2D eigenvalue weighted by Crippen LogP contribution is 2.47. The van der Waals surface area contributed by atoms with Gasteiger partial charge < -0.3 is 18.0 Å². The number of fused-ring (bicyclic) bond motifs is 30. The predicted octanol–water partition coefficient (Wildman–Crippen LogP) is 33.8. The van der Waals surface area contributed by atoms with E-state index in [0.29, 0.717) is 0 Å². The average Bonchev–Trinajstić information content (AvgIpc) is 1.16. The number of benzene rings is 23. The lowest BCUT2D eigenvalue weighted by Crippen LogP contribution is -1.94. The lowest BCUT2D eigenvalue weighted by molar-refractivity contribution is 0.668. The van der Waals surface area contributed by atoms with Crippen molar-refractivity contribution in [2.24, 2.45) is 0 Å². The van der Waals surface area contributed by atoms with Gasteiger partial charge in [-0.25, -0.2) is 0 Å². The second kappa shape index (κ2) is 28.7. The lowest BCUT2D eigenvalue weighted by atomic mass is 9.89. The molecule has 4 aromatic heterocycles. The molecule has 4 heteroatoms. The Labute approximate surface area is 713 Å². The van der Waals surface area contributed by atoms with Crippen LogP contribution in [0.4, 0.5) is 0 Å². The van der Waals surface area contributed by atoms with Crippen LogP contribution in [0.15, 0.2) is 458 Å². The highest BCUT2D eigenvalue weighted by molar-refractivity contribution is 6.31. The quantitative estimate of drug-likeness (QED) is 0.149. The molecule has 0 atom stereocenters. The van der Waals surface area contributed by atoms with Crippen molar-refractivity contribution in [1.29, 1.82) is 0 Å². The highest BCUT2D eigenvalue weighted by atomic mass is 16.3. The van der Waals surface area contributed by atoms with Crippen LogP contribution in [0.3, 0.4) is 0 Å². The molecule has 0 spiro atoms. The van der Waals surface area contributed by atoms with Crippen LogP contribution in [0.25, 0.3) is 251 Å². The van der Waals surface area contributed by atoms with E-state index in [-0.39, 0.29) is 0 Å². The number of nitrogens with zero attached hydrogens (tertiary/aromatic N) is 2. The summed E-state index contributed by atoms with van der Waals surface area (Å²) in [7, 11) is 0. The number of para-hydroxylation sites is 6. The first-order valence-corrected chi connectivity index (χ1v) is 42.7. The van der Waals surface area contributed by atoms with Crippen LogP contribution in [0, 0.1) is 0 Å². The van der Waals surface area contributed by atoms with Gasteiger partial charge in [-0.1, -0.05) is 352 Å². The Morgan fingerprint density at radius 3 is 0.774 bits per heavy atom. The molecule has 0 unspecified atom stereocenters. The zero-order valence-electron chi connectivity index (χ0n) is 67.4. The second-order valence-corrected chi connectivity index (χ2v) is 32.7. The van der Waals surface area contributed by atoms with Gasteiger partial charge in [0.1, 0.15) is 22.3 Å². The van der Waals surface area contributed by atoms with E-state index in [1.165, 1.54) is 196 Å². The first-order valence-electron chi connectivity index (χ1n) is 42.7. The second-order valence-electron chi connectivity index (χ2n) is 32.7. The minimum Gasteiger partial charge on any atom is -0.456 e. The molecule has 27 rings (SSSR count). The van der Waals surface area contributed by atoms with Crippen molar-refractivity contribution in [2.75, 3.05) is 0 Å². The van der Waals surface area contributed by atoms with Gasteiger partial charge in [-0.2, -0.15) is 0 Å². The third-order valence-corrected chi connectivity index (χ3v) is 26.0. The summed E-state index contributed by atoms with van der Waals surface area (Å²) in [5.41, 5.74) is 23.1. The smallest absolute Gasteiger partial charge is 0.135 e. The van der Waals surface area contributed by atoms with E-state index in [0.717, 1.165) is 55.3 Å². The maximum Gasteiger partial charge on any atom is 0.135 e. The van der Waals surface area contributed by atoms with E-state index in [1.807, 2.05) is 24.3 Å². The molecule has 0 amide bonds. The molecule has 0 aliphatic carbocycles. The largest absolute Gasteiger partial charge is 0.456 e. The fourth-order valence-corrected chi connectivity index (χ4v) is 20.4. The Bertz CT molecular complexity index is 8630. The molecule has 0 saturated heterocycles. The van der Waals surface area contributed by atoms with Gasteiger partial charge in [0.05, 0.1) is 22.1 Å². The standard InChI is InChI=1S/C54H34N2.C36H22O.C30H18O/c1-2-18-42-41(17-1)49-33-37(35-13-11-15-39(31-35)55-51-23-7-3-19-45(51)46-20-4-8-24-52(46)55)27-29-43(49)44-30-28-38(34-50(42)44)36-14-12-16-40(32-36)56-53-25-9-5-21-47(53)48-22-6-10-26-54(48)56;1-2-9-29-27(8-1)28-10-3-4-12-31(28)36-26(13-7-14-32(29)36)24-18-16-23(17-19-24)25-20-21-35-33(22-25)30-11-5-6-15-34(30)37-35;1-2-9-23-21(8-1)22-10-3-4-12-25(22)30-20(13-7-14-26(23)30)19-16-17-29-27(18-19)24-11-5-6-15-28(24)31-29/h1-34H;1-22H;1-18H. The summed E-state index contributed by atoms with van der Waals surface area (Å²) in [5.74, 6) is 0. The van der Waals surface area contributed by atoms with E-state index in [2.05, 4.69) is 434 Å². The molecule has 0 aliphatic rings. The van der Waals surface area contributed by atoms with Gasteiger partial charge in [0.15, 0.2) is 0 Å². The molecule has 576 valence electrons. The van der Waals surface area contributed by atoms with Crippen molar-refractivity contribution in [1.82, 2.24) is 9.13 Å². The molecule has 0 bridgehead atoms. The fraction of sp³-hybridized carbons (Fsp3) is 0. The molecular weight excluding hydrogens is 1500 g/mol. The van der Waals surface area contributed by atoms with Crippen LogP contribution in [-0.4, -0.2) is 9.13 Å². The van der Waals surface area contributed by atoms with Crippen LogP contribution in [-0.2, 0) is 0 Å². The Balaban J connectivity index is 0.000000108. The Hall–Kier alpha value is -16.4. The van der Waals surface area contributed by atoms with Gasteiger partial charge in [-0.3, -0.25) is 0 Å². The van der Waals surface area contributed by atoms with Gasteiger partial charge in [-0.05, 0) is 250 Å². The van der Waals surface area contributed by atoms with E-state index in [9.17, 15) is 0 Å². The van der Waals surface area contributed by atoms with Gasteiger partial charge in [0.25, 0.3) is 0 Å². The van der Waals surface area contributed by atoms with Crippen LogP contribution >= 0.6 is 0 Å². The van der Waals surface area contributed by atoms with E-state index >= 15 is 0 Å². The minimum absolute atomic E-state index is 0.927. The zero-order chi connectivity index (χ0) is 81.5. The summed E-state index contributed by atoms with van der Waals surface area (Å²) in [6.07, 6.45) is 0. The summed E-state index contributed by atoms with van der Waals surface area (Å²) >= 11 is 0. The fourth-order valence-electron chi connectivity index (χ4n) is 20.4. The van der Waals surface area contributed by atoms with Crippen LogP contribution in [0.1, 0.15) is 0 Å². The summed E-state index contributed by atoms with van der Waals surface area (Å²) in [6, 6.07) is 163. The van der Waals surface area contributed by atoms with Crippen molar-refractivity contribution < 1.29 is 8.83 Å². The van der Waals surface area contributed by atoms with Gasteiger partial charge in [-0.15, -0.1) is 0 Å². The number of hydrogen-bond donors (Lipinski definition) is 0. The lowest BCUT2D eigenvalue weighted by Gasteiger charge is -2.15. The summed E-state index contributed by atoms with van der Waals surface area (Å²) in [6.45, 7) is 0. The molecule has 0 aliphatic heterocycles. The van der Waals surface area contributed by atoms with Crippen LogP contribution in [0.2, 0.25) is 0 Å². The van der Waals surface area contributed by atoms with Crippen molar-refractivity contribution in [3.8, 4) is 67.0 Å². The Morgan fingerprint density at radius 1 is 0.129 bits per heavy atom. The summed E-state index contributed by atoms with van der Waals surface area (Å²) < 4.78 is 16.9. The molecule has 23 aromatic carbocycles. The molecule has 0 radical (unpaired) electrons. The first kappa shape index (κ1) is 70.6. The minimum atomic E-state index is 0.927. The van der Waals surface area contributed by atoms with E-state index in [4.69, 9.17) is 8.83 Å². The third kappa shape index (κ3) is 11.4. The van der Waals surface area contributed by atoms with Crippen LogP contribution < -0.4 is 0 Å². The van der Waals surface area contributed by atoms with E-state index in [1.54, 1.807) is 0 Å². The Kier molecular flexibility index (Phi) is 16.3. The maximum atomic E-state index is 6.06. The van der Waals surface area contributed by atoms with Crippen LogP contribution in [0.5, 0.6) is 0 Å². The number of furan rings is 2. The number of hydrogen-bond acceptors (Lipinski definition) is 2. The number of rotatable bonds is 7. The van der Waals surface area contributed by atoms with Crippen molar-refractivity contribution >= 4 is 184 Å². The molecule has 0 N–H and O–H groups in total. The molecular formula is C120H74N2O2. The van der Waals surface area contributed by atoms with Crippen molar-refractivity contribution in [3.63, 3.8) is 0 Å². The van der Waals surface area contributed by atoms with Gasteiger partial charge in [0, 0.05) is 54.5 Å². The maximum absolute atomic E-state index is 6.06. The first-order chi connectivity index (χ1) is 61.5. The summed E-state index contributed by atoms with van der Waals surface area (Å²) in [4.78, 5) is 0. The normalized spacial score (nSPS) is 11.9. The monoisotopic (exact) mass is 1570 g/mol. The Morgan fingerprint density at radius 2 is 0.371 bits per heavy atom. The predicted molar refractivity (Wildman–Crippen MR) is 527 cm³/mol. The molecule has 27 aromatic rings. The van der Waals surface area contributed by atoms with Gasteiger partial charge >= 0.3 is 0 Å². The average molecular weight is 1580 g/mol.